The Labute approximate surface area is 110 Å². The zero-order valence-corrected chi connectivity index (χ0v) is 10.6. The molecular weight excluding hydrogens is 245 g/mol. The highest BCUT2D eigenvalue weighted by atomic mass is 19.1. The van der Waals surface area contributed by atoms with Gasteiger partial charge in [-0.3, -0.25) is 0 Å². The van der Waals surface area contributed by atoms with Gasteiger partial charge < -0.3 is 4.52 Å². The van der Waals surface area contributed by atoms with Crippen LogP contribution in [0, 0.1) is 17.1 Å². The van der Waals surface area contributed by atoms with E-state index in [0.29, 0.717) is 36.5 Å². The number of hydrogen-bond donors (Lipinski definition) is 0. The highest BCUT2D eigenvalue weighted by molar-refractivity contribution is 5.20. The molecule has 2 aromatic rings. The third kappa shape index (κ3) is 3.38. The van der Waals surface area contributed by atoms with E-state index in [2.05, 4.69) is 16.2 Å². The lowest BCUT2D eigenvalue weighted by molar-refractivity contribution is 0.351. The van der Waals surface area contributed by atoms with E-state index in [1.54, 1.807) is 18.2 Å². The SMILES string of the molecule is CC(CCC#N)c1nc(Cc2ccccc2F)no1. The molecule has 0 bridgehead atoms. The molecule has 2 rings (SSSR count). The molecule has 0 amide bonds. The molecular formula is C14H14FN3O. The van der Waals surface area contributed by atoms with Crippen LogP contribution in [0.1, 0.15) is 43.0 Å². The van der Waals surface area contributed by atoms with E-state index in [1.807, 2.05) is 6.92 Å². The summed E-state index contributed by atoms with van der Waals surface area (Å²) in [6.45, 7) is 1.93. The van der Waals surface area contributed by atoms with E-state index in [0.717, 1.165) is 0 Å². The van der Waals surface area contributed by atoms with Crippen LogP contribution in [0.3, 0.4) is 0 Å². The van der Waals surface area contributed by atoms with E-state index in [-0.39, 0.29) is 11.7 Å². The summed E-state index contributed by atoms with van der Waals surface area (Å²) in [6, 6.07) is 8.61. The second-order valence-electron chi connectivity index (χ2n) is 4.41. The Balaban J connectivity index is 2.06. The lowest BCUT2D eigenvalue weighted by Gasteiger charge is -2.01. The lowest BCUT2D eigenvalue weighted by Crippen LogP contribution is -1.96. The van der Waals surface area contributed by atoms with Crippen LogP contribution in [0.25, 0.3) is 0 Å². The van der Waals surface area contributed by atoms with Gasteiger partial charge in [-0.2, -0.15) is 10.2 Å². The molecule has 0 spiro atoms. The number of aromatic nitrogens is 2. The van der Waals surface area contributed by atoms with Crippen LogP contribution in [-0.2, 0) is 6.42 Å². The van der Waals surface area contributed by atoms with Crippen molar-refractivity contribution in [1.82, 2.24) is 10.1 Å². The summed E-state index contributed by atoms with van der Waals surface area (Å²) in [5, 5.41) is 12.4. The molecule has 1 heterocycles. The molecule has 0 aliphatic rings. The average Bonchev–Trinajstić information content (AvgIpc) is 2.87. The maximum Gasteiger partial charge on any atom is 0.229 e. The molecule has 0 aliphatic heterocycles. The van der Waals surface area contributed by atoms with Gasteiger partial charge in [-0.15, -0.1) is 0 Å². The Morgan fingerprint density at radius 3 is 2.95 bits per heavy atom. The first-order chi connectivity index (χ1) is 9.20. The largest absolute Gasteiger partial charge is 0.339 e. The first-order valence-electron chi connectivity index (χ1n) is 6.13. The topological polar surface area (TPSA) is 62.7 Å². The zero-order valence-electron chi connectivity index (χ0n) is 10.6. The Hall–Kier alpha value is -2.22. The Morgan fingerprint density at radius 2 is 2.21 bits per heavy atom. The van der Waals surface area contributed by atoms with Crippen molar-refractivity contribution in [2.75, 3.05) is 0 Å². The third-order valence-corrected chi connectivity index (χ3v) is 2.90. The van der Waals surface area contributed by atoms with Crippen molar-refractivity contribution < 1.29 is 8.91 Å². The molecule has 0 saturated carbocycles. The summed E-state index contributed by atoms with van der Waals surface area (Å²) < 4.78 is 18.6. The molecule has 1 aromatic carbocycles. The van der Waals surface area contributed by atoms with Gasteiger partial charge in [0.1, 0.15) is 5.82 Å². The van der Waals surface area contributed by atoms with Gasteiger partial charge in [0.05, 0.1) is 6.07 Å². The molecule has 0 radical (unpaired) electrons. The van der Waals surface area contributed by atoms with Gasteiger partial charge in [-0.25, -0.2) is 4.39 Å². The maximum atomic E-state index is 13.5. The van der Waals surface area contributed by atoms with Crippen molar-refractivity contribution in [2.45, 2.75) is 32.1 Å². The minimum atomic E-state index is -0.272. The van der Waals surface area contributed by atoms with Gasteiger partial charge >= 0.3 is 0 Å². The molecule has 1 unspecified atom stereocenters. The van der Waals surface area contributed by atoms with E-state index >= 15 is 0 Å². The number of nitriles is 1. The molecule has 19 heavy (non-hydrogen) atoms. The number of halogens is 1. The van der Waals surface area contributed by atoms with Gasteiger partial charge in [-0.1, -0.05) is 30.3 Å². The number of benzene rings is 1. The minimum Gasteiger partial charge on any atom is -0.339 e. The molecule has 0 aliphatic carbocycles. The van der Waals surface area contributed by atoms with Crippen LogP contribution in [-0.4, -0.2) is 10.1 Å². The van der Waals surface area contributed by atoms with Gasteiger partial charge in [0.15, 0.2) is 5.82 Å². The Bertz CT molecular complexity index is 588. The van der Waals surface area contributed by atoms with Crippen molar-refractivity contribution in [3.8, 4) is 6.07 Å². The first kappa shape index (κ1) is 13.2. The third-order valence-electron chi connectivity index (χ3n) is 2.90. The molecule has 1 aromatic heterocycles. The molecule has 0 saturated heterocycles. The van der Waals surface area contributed by atoms with Crippen LogP contribution in [0.5, 0.6) is 0 Å². The van der Waals surface area contributed by atoms with E-state index < -0.39 is 0 Å². The van der Waals surface area contributed by atoms with Crippen molar-refractivity contribution in [3.63, 3.8) is 0 Å². The van der Waals surface area contributed by atoms with Crippen molar-refractivity contribution in [3.05, 3.63) is 47.4 Å². The molecule has 1 atom stereocenters. The second kappa shape index (κ2) is 6.10. The molecule has 98 valence electrons. The average molecular weight is 259 g/mol. The zero-order chi connectivity index (χ0) is 13.7. The van der Waals surface area contributed by atoms with Crippen molar-refractivity contribution >= 4 is 0 Å². The summed E-state index contributed by atoms with van der Waals surface area (Å²) >= 11 is 0. The predicted octanol–water partition coefficient (Wildman–Crippen LogP) is 3.21. The fourth-order valence-corrected chi connectivity index (χ4v) is 1.76. The summed E-state index contributed by atoms with van der Waals surface area (Å²) in [5.41, 5.74) is 0.541. The number of nitrogens with zero attached hydrogens (tertiary/aromatic N) is 3. The first-order valence-corrected chi connectivity index (χ1v) is 6.13. The highest BCUT2D eigenvalue weighted by Gasteiger charge is 2.15. The standard InChI is InChI=1S/C14H14FN3O/c1-10(5-4-8-16)14-17-13(18-19-14)9-11-6-2-3-7-12(11)15/h2-3,6-7,10H,4-5,9H2,1H3. The summed E-state index contributed by atoms with van der Waals surface area (Å²) in [5.74, 6) is 0.735. The van der Waals surface area contributed by atoms with Crippen molar-refractivity contribution in [2.24, 2.45) is 0 Å². The van der Waals surface area contributed by atoms with Crippen LogP contribution in [0.4, 0.5) is 4.39 Å². The quantitative estimate of drug-likeness (QED) is 0.827. The normalized spacial score (nSPS) is 12.1. The van der Waals surface area contributed by atoms with Crippen LogP contribution in [0.2, 0.25) is 0 Å². The number of rotatable bonds is 5. The van der Waals surface area contributed by atoms with Crippen LogP contribution in [0.15, 0.2) is 28.8 Å². The summed E-state index contributed by atoms with van der Waals surface area (Å²) in [7, 11) is 0. The van der Waals surface area contributed by atoms with Crippen LogP contribution >= 0.6 is 0 Å². The van der Waals surface area contributed by atoms with Gasteiger partial charge in [0.25, 0.3) is 0 Å². The molecule has 0 N–H and O–H groups in total. The fourth-order valence-electron chi connectivity index (χ4n) is 1.76. The summed E-state index contributed by atoms with van der Waals surface area (Å²) in [6.07, 6.45) is 1.44. The van der Waals surface area contributed by atoms with Gasteiger partial charge in [0.2, 0.25) is 5.89 Å². The monoisotopic (exact) mass is 259 g/mol. The Kier molecular flexibility index (Phi) is 4.24. The molecule has 0 fully saturated rings. The maximum absolute atomic E-state index is 13.5. The van der Waals surface area contributed by atoms with E-state index in [1.165, 1.54) is 6.07 Å². The van der Waals surface area contributed by atoms with E-state index in [9.17, 15) is 4.39 Å². The smallest absolute Gasteiger partial charge is 0.229 e. The van der Waals surface area contributed by atoms with Crippen LogP contribution < -0.4 is 0 Å². The number of hydrogen-bond acceptors (Lipinski definition) is 4. The van der Waals surface area contributed by atoms with Crippen molar-refractivity contribution in [1.29, 1.82) is 5.26 Å². The second-order valence-corrected chi connectivity index (χ2v) is 4.41. The highest BCUT2D eigenvalue weighted by Crippen LogP contribution is 2.19. The van der Waals surface area contributed by atoms with Gasteiger partial charge in [-0.05, 0) is 18.1 Å². The summed E-state index contributed by atoms with van der Waals surface area (Å²) in [4.78, 5) is 4.25. The fraction of sp³-hybridized carbons (Fsp3) is 0.357. The Morgan fingerprint density at radius 1 is 1.42 bits per heavy atom. The van der Waals surface area contributed by atoms with E-state index in [4.69, 9.17) is 9.78 Å². The molecule has 4 nitrogen and oxygen atoms in total. The predicted molar refractivity (Wildman–Crippen MR) is 66.8 cm³/mol. The van der Waals surface area contributed by atoms with Gasteiger partial charge in [0, 0.05) is 18.8 Å². The minimum absolute atomic E-state index is 0.0431. The lowest BCUT2D eigenvalue weighted by atomic mass is 10.1. The molecule has 5 heteroatoms.